The van der Waals surface area contributed by atoms with Gasteiger partial charge in [-0.05, 0) is 13.6 Å². The number of nitrogen functional groups attached to an aromatic ring is 1. The van der Waals surface area contributed by atoms with Crippen molar-refractivity contribution in [2.24, 2.45) is 5.84 Å². The van der Waals surface area contributed by atoms with Gasteiger partial charge < -0.3 is 15.6 Å². The Morgan fingerprint density at radius 3 is 2.80 bits per heavy atom. The quantitative estimate of drug-likeness (QED) is 0.457. The van der Waals surface area contributed by atoms with Crippen molar-refractivity contribution in [3.63, 3.8) is 0 Å². The van der Waals surface area contributed by atoms with Crippen LogP contribution in [0, 0.1) is 0 Å². The Hall–Kier alpha value is -1.40. The zero-order valence-corrected chi connectivity index (χ0v) is 9.20. The standard InChI is InChI=1S/C9H18N6/c1-3-15(2)5-4-11-8-6-9(14-10)13-7-12-8/h6-7H,3-5,10H2,1-2H3,(H2,11,12,13,14). The lowest BCUT2D eigenvalue weighted by molar-refractivity contribution is 0.367. The first-order valence-electron chi connectivity index (χ1n) is 4.97. The fourth-order valence-electron chi connectivity index (χ4n) is 1.07. The molecule has 0 spiro atoms. The minimum atomic E-state index is 0.608. The number of likely N-dealkylation sites (N-methyl/N-ethyl adjacent to an activating group) is 1. The Bertz CT molecular complexity index is 290. The summed E-state index contributed by atoms with van der Waals surface area (Å²) >= 11 is 0. The molecule has 1 aromatic heterocycles. The van der Waals surface area contributed by atoms with Crippen molar-refractivity contribution in [3.8, 4) is 0 Å². The summed E-state index contributed by atoms with van der Waals surface area (Å²) in [5, 5.41) is 3.20. The van der Waals surface area contributed by atoms with Crippen molar-refractivity contribution >= 4 is 11.6 Å². The van der Waals surface area contributed by atoms with Crippen LogP contribution in [-0.2, 0) is 0 Å². The topological polar surface area (TPSA) is 79.1 Å². The third-order valence-corrected chi connectivity index (χ3v) is 2.15. The number of nitrogens with zero attached hydrogens (tertiary/aromatic N) is 3. The van der Waals surface area contributed by atoms with E-state index < -0.39 is 0 Å². The van der Waals surface area contributed by atoms with Crippen molar-refractivity contribution in [2.45, 2.75) is 6.92 Å². The summed E-state index contributed by atoms with van der Waals surface area (Å²) in [6.45, 7) is 5.00. The van der Waals surface area contributed by atoms with Gasteiger partial charge >= 0.3 is 0 Å². The number of anilines is 2. The van der Waals surface area contributed by atoms with Crippen LogP contribution in [0.3, 0.4) is 0 Å². The van der Waals surface area contributed by atoms with Crippen LogP contribution in [0.5, 0.6) is 0 Å². The fraction of sp³-hybridized carbons (Fsp3) is 0.556. The lowest BCUT2D eigenvalue weighted by atomic mass is 10.5. The molecule has 1 rings (SSSR count). The van der Waals surface area contributed by atoms with E-state index in [1.807, 2.05) is 0 Å². The average Bonchev–Trinajstić information content (AvgIpc) is 2.29. The fourth-order valence-corrected chi connectivity index (χ4v) is 1.07. The van der Waals surface area contributed by atoms with Gasteiger partial charge in [-0.3, -0.25) is 0 Å². The third kappa shape index (κ3) is 4.09. The molecule has 15 heavy (non-hydrogen) atoms. The highest BCUT2D eigenvalue weighted by Gasteiger charge is 1.97. The summed E-state index contributed by atoms with van der Waals surface area (Å²) in [5.41, 5.74) is 2.48. The summed E-state index contributed by atoms with van der Waals surface area (Å²) < 4.78 is 0. The first-order valence-corrected chi connectivity index (χ1v) is 4.97. The minimum Gasteiger partial charge on any atom is -0.369 e. The molecule has 4 N–H and O–H groups in total. The highest BCUT2D eigenvalue weighted by molar-refractivity contribution is 5.45. The Morgan fingerprint density at radius 1 is 1.40 bits per heavy atom. The predicted molar refractivity (Wildman–Crippen MR) is 61.5 cm³/mol. The molecule has 0 saturated heterocycles. The van der Waals surface area contributed by atoms with Gasteiger partial charge in [-0.15, -0.1) is 0 Å². The number of nitrogens with two attached hydrogens (primary N) is 1. The van der Waals surface area contributed by atoms with Crippen molar-refractivity contribution in [1.82, 2.24) is 14.9 Å². The maximum Gasteiger partial charge on any atom is 0.145 e. The molecular weight excluding hydrogens is 192 g/mol. The number of aromatic nitrogens is 2. The zero-order valence-electron chi connectivity index (χ0n) is 9.20. The highest BCUT2D eigenvalue weighted by Crippen LogP contribution is 2.06. The first kappa shape index (κ1) is 11.7. The van der Waals surface area contributed by atoms with Gasteiger partial charge in [0, 0.05) is 19.2 Å². The predicted octanol–water partition coefficient (Wildman–Crippen LogP) is 0.126. The van der Waals surface area contributed by atoms with Crippen molar-refractivity contribution in [1.29, 1.82) is 0 Å². The molecule has 0 saturated carbocycles. The average molecular weight is 210 g/mol. The van der Waals surface area contributed by atoms with Crippen LogP contribution in [-0.4, -0.2) is 41.5 Å². The maximum atomic E-state index is 5.24. The molecule has 0 aliphatic carbocycles. The molecule has 6 heteroatoms. The van der Waals surface area contributed by atoms with Crippen LogP contribution in [0.15, 0.2) is 12.4 Å². The summed E-state index contributed by atoms with van der Waals surface area (Å²) in [5.74, 6) is 6.63. The van der Waals surface area contributed by atoms with Gasteiger partial charge in [0.25, 0.3) is 0 Å². The van der Waals surface area contributed by atoms with E-state index in [0.717, 1.165) is 25.5 Å². The van der Waals surface area contributed by atoms with E-state index >= 15 is 0 Å². The van der Waals surface area contributed by atoms with E-state index in [4.69, 9.17) is 5.84 Å². The monoisotopic (exact) mass is 210 g/mol. The van der Waals surface area contributed by atoms with Crippen molar-refractivity contribution < 1.29 is 0 Å². The van der Waals surface area contributed by atoms with E-state index in [0.29, 0.717) is 5.82 Å². The number of rotatable bonds is 6. The van der Waals surface area contributed by atoms with Gasteiger partial charge in [-0.2, -0.15) is 0 Å². The molecule has 0 aliphatic rings. The second-order valence-corrected chi connectivity index (χ2v) is 3.26. The Labute approximate surface area is 89.9 Å². The lowest BCUT2D eigenvalue weighted by Gasteiger charge is -2.14. The van der Waals surface area contributed by atoms with Gasteiger partial charge in [0.1, 0.15) is 18.0 Å². The number of nitrogens with one attached hydrogen (secondary N) is 2. The molecule has 84 valence electrons. The zero-order chi connectivity index (χ0) is 11.1. The summed E-state index contributed by atoms with van der Waals surface area (Å²) in [4.78, 5) is 10.2. The largest absolute Gasteiger partial charge is 0.369 e. The molecular formula is C9H18N6. The second-order valence-electron chi connectivity index (χ2n) is 3.26. The molecule has 0 atom stereocenters. The molecule has 0 aromatic carbocycles. The maximum absolute atomic E-state index is 5.24. The summed E-state index contributed by atoms with van der Waals surface area (Å²) in [6, 6.07) is 1.77. The molecule has 0 unspecified atom stereocenters. The van der Waals surface area contributed by atoms with E-state index in [2.05, 4.69) is 39.6 Å². The van der Waals surface area contributed by atoms with E-state index in [9.17, 15) is 0 Å². The molecule has 1 aromatic rings. The number of hydrogen-bond donors (Lipinski definition) is 3. The van der Waals surface area contributed by atoms with E-state index in [-0.39, 0.29) is 0 Å². The molecule has 0 fully saturated rings. The van der Waals surface area contributed by atoms with Crippen LogP contribution >= 0.6 is 0 Å². The van der Waals surface area contributed by atoms with Crippen LogP contribution in [0.1, 0.15) is 6.92 Å². The van der Waals surface area contributed by atoms with Crippen LogP contribution in [0.4, 0.5) is 11.6 Å². The van der Waals surface area contributed by atoms with Gasteiger partial charge in [0.15, 0.2) is 0 Å². The SMILES string of the molecule is CCN(C)CCNc1cc(NN)ncn1. The molecule has 0 aliphatic heterocycles. The van der Waals surface area contributed by atoms with Gasteiger partial charge in [0.05, 0.1) is 0 Å². The van der Waals surface area contributed by atoms with Crippen molar-refractivity contribution in [3.05, 3.63) is 12.4 Å². The molecule has 1 heterocycles. The number of hydrazine groups is 1. The van der Waals surface area contributed by atoms with Crippen molar-refractivity contribution in [2.75, 3.05) is 37.4 Å². The highest BCUT2D eigenvalue weighted by atomic mass is 15.3. The first-order chi connectivity index (χ1) is 7.26. The smallest absolute Gasteiger partial charge is 0.145 e. The Balaban J connectivity index is 2.37. The van der Waals surface area contributed by atoms with Crippen LogP contribution < -0.4 is 16.6 Å². The normalized spacial score (nSPS) is 10.4. The summed E-state index contributed by atoms with van der Waals surface area (Å²) in [7, 11) is 2.08. The number of hydrogen-bond acceptors (Lipinski definition) is 6. The molecule has 6 nitrogen and oxygen atoms in total. The second kappa shape index (κ2) is 6.15. The Morgan fingerprint density at radius 2 is 2.13 bits per heavy atom. The minimum absolute atomic E-state index is 0.608. The molecule has 0 radical (unpaired) electrons. The lowest BCUT2D eigenvalue weighted by Crippen LogP contribution is -2.25. The molecule has 0 bridgehead atoms. The van der Waals surface area contributed by atoms with E-state index in [1.165, 1.54) is 6.33 Å². The Kier molecular flexibility index (Phi) is 4.79. The van der Waals surface area contributed by atoms with Crippen LogP contribution in [0.2, 0.25) is 0 Å². The third-order valence-electron chi connectivity index (χ3n) is 2.15. The summed E-state index contributed by atoms with van der Waals surface area (Å²) in [6.07, 6.45) is 1.47. The van der Waals surface area contributed by atoms with Crippen LogP contribution in [0.25, 0.3) is 0 Å². The van der Waals surface area contributed by atoms with Gasteiger partial charge in [-0.25, -0.2) is 15.8 Å². The van der Waals surface area contributed by atoms with Gasteiger partial charge in [0.2, 0.25) is 0 Å². The molecule has 0 amide bonds. The van der Waals surface area contributed by atoms with E-state index in [1.54, 1.807) is 6.07 Å². The van der Waals surface area contributed by atoms with Gasteiger partial charge in [-0.1, -0.05) is 6.92 Å².